The number of rotatable bonds is 6. The zero-order valence-corrected chi connectivity index (χ0v) is 15.8. The van der Waals surface area contributed by atoms with Gasteiger partial charge in [0, 0.05) is 26.2 Å². The number of amides is 2. The number of hydrogen-bond acceptors (Lipinski definition) is 3. The number of anilines is 2. The van der Waals surface area contributed by atoms with E-state index in [2.05, 4.69) is 21.6 Å². The normalized spacial score (nSPS) is 19.8. The molecule has 5 heteroatoms. The van der Waals surface area contributed by atoms with Gasteiger partial charge in [0.15, 0.2) is 0 Å². The summed E-state index contributed by atoms with van der Waals surface area (Å²) in [4.78, 5) is 14.9. The van der Waals surface area contributed by atoms with Crippen molar-refractivity contribution in [3.8, 4) is 0 Å². The van der Waals surface area contributed by atoms with Crippen LogP contribution in [-0.2, 0) is 0 Å². The SMILES string of the molecule is O=C(NCC1(CCO)CCCCC1)Nc1ccccc1N1CCCCC1. The number of benzene rings is 1. The Morgan fingerprint density at radius 3 is 2.46 bits per heavy atom. The summed E-state index contributed by atoms with van der Waals surface area (Å²) in [6.07, 6.45) is 10.3. The van der Waals surface area contributed by atoms with Crippen molar-refractivity contribution in [3.05, 3.63) is 24.3 Å². The Labute approximate surface area is 157 Å². The lowest BCUT2D eigenvalue weighted by atomic mass is 9.72. The van der Waals surface area contributed by atoms with Gasteiger partial charge in [-0.2, -0.15) is 0 Å². The van der Waals surface area contributed by atoms with Crippen LogP contribution in [0.4, 0.5) is 16.2 Å². The molecule has 144 valence electrons. The highest BCUT2D eigenvalue weighted by atomic mass is 16.3. The standard InChI is InChI=1S/C21H33N3O2/c25-16-13-21(11-5-1-6-12-21)17-22-20(26)23-18-9-3-4-10-19(18)24-14-7-2-8-15-24/h3-4,9-10,25H,1-2,5-8,11-17H2,(H2,22,23,26). The Bertz CT molecular complexity index is 573. The molecule has 2 fully saturated rings. The number of hydrogen-bond donors (Lipinski definition) is 3. The summed E-state index contributed by atoms with van der Waals surface area (Å²) in [5, 5.41) is 15.6. The molecule has 0 aromatic heterocycles. The lowest BCUT2D eigenvalue weighted by Crippen LogP contribution is -2.41. The summed E-state index contributed by atoms with van der Waals surface area (Å²) in [6.45, 7) is 2.95. The molecular weight excluding hydrogens is 326 g/mol. The molecule has 26 heavy (non-hydrogen) atoms. The van der Waals surface area contributed by atoms with Crippen LogP contribution >= 0.6 is 0 Å². The van der Waals surface area contributed by atoms with Gasteiger partial charge in [0.05, 0.1) is 11.4 Å². The predicted molar refractivity (Wildman–Crippen MR) is 107 cm³/mol. The van der Waals surface area contributed by atoms with Crippen LogP contribution in [0.5, 0.6) is 0 Å². The Kier molecular flexibility index (Phi) is 6.78. The van der Waals surface area contributed by atoms with Gasteiger partial charge in [-0.05, 0) is 56.1 Å². The summed E-state index contributed by atoms with van der Waals surface area (Å²) >= 11 is 0. The molecule has 1 aliphatic heterocycles. The van der Waals surface area contributed by atoms with Gasteiger partial charge in [-0.25, -0.2) is 4.79 Å². The van der Waals surface area contributed by atoms with Crippen molar-refractivity contribution in [2.75, 3.05) is 36.5 Å². The van der Waals surface area contributed by atoms with Gasteiger partial charge in [0.25, 0.3) is 0 Å². The van der Waals surface area contributed by atoms with Gasteiger partial charge in [-0.15, -0.1) is 0 Å². The first kappa shape index (κ1) is 19.0. The van der Waals surface area contributed by atoms with E-state index in [-0.39, 0.29) is 18.1 Å². The minimum atomic E-state index is -0.141. The maximum atomic E-state index is 12.5. The summed E-state index contributed by atoms with van der Waals surface area (Å²) in [7, 11) is 0. The number of para-hydroxylation sites is 2. The summed E-state index contributed by atoms with van der Waals surface area (Å²) in [5.74, 6) is 0. The number of carbonyl (C=O) groups is 1. The fraction of sp³-hybridized carbons (Fsp3) is 0.667. The number of aliphatic hydroxyl groups is 1. The van der Waals surface area contributed by atoms with Crippen LogP contribution in [0.3, 0.4) is 0 Å². The van der Waals surface area contributed by atoms with Crippen LogP contribution in [0.1, 0.15) is 57.8 Å². The van der Waals surface area contributed by atoms with Crippen molar-refractivity contribution in [2.45, 2.75) is 57.8 Å². The number of urea groups is 1. The maximum Gasteiger partial charge on any atom is 0.319 e. The Morgan fingerprint density at radius 1 is 1.04 bits per heavy atom. The van der Waals surface area contributed by atoms with Crippen LogP contribution in [0.15, 0.2) is 24.3 Å². The lowest BCUT2D eigenvalue weighted by molar-refractivity contribution is 0.128. The molecule has 0 bridgehead atoms. The second kappa shape index (κ2) is 9.26. The van der Waals surface area contributed by atoms with Gasteiger partial charge in [0.2, 0.25) is 0 Å². The molecule has 2 aliphatic rings. The third-order valence-electron chi connectivity index (χ3n) is 6.03. The van der Waals surface area contributed by atoms with Crippen LogP contribution in [-0.4, -0.2) is 37.4 Å². The van der Waals surface area contributed by atoms with Gasteiger partial charge in [0.1, 0.15) is 0 Å². The fourth-order valence-corrected chi connectivity index (χ4v) is 4.48. The Hall–Kier alpha value is -1.75. The van der Waals surface area contributed by atoms with E-state index in [1.54, 1.807) is 0 Å². The van der Waals surface area contributed by atoms with E-state index >= 15 is 0 Å². The van der Waals surface area contributed by atoms with E-state index in [0.717, 1.165) is 43.7 Å². The van der Waals surface area contributed by atoms with Crippen LogP contribution in [0.25, 0.3) is 0 Å². The van der Waals surface area contributed by atoms with Gasteiger partial charge >= 0.3 is 6.03 Å². The van der Waals surface area contributed by atoms with E-state index in [9.17, 15) is 9.90 Å². The second-order valence-corrected chi connectivity index (χ2v) is 7.91. The number of carbonyl (C=O) groups excluding carboxylic acids is 1. The zero-order valence-electron chi connectivity index (χ0n) is 15.8. The van der Waals surface area contributed by atoms with Crippen LogP contribution in [0.2, 0.25) is 0 Å². The zero-order chi connectivity index (χ0) is 18.2. The van der Waals surface area contributed by atoms with E-state index in [0.29, 0.717) is 6.54 Å². The third-order valence-corrected chi connectivity index (χ3v) is 6.03. The third kappa shape index (κ3) is 4.91. The molecule has 1 heterocycles. The highest BCUT2D eigenvalue weighted by Crippen LogP contribution is 2.38. The number of nitrogens with one attached hydrogen (secondary N) is 2. The Balaban J connectivity index is 1.59. The van der Waals surface area contributed by atoms with E-state index in [4.69, 9.17) is 0 Å². The smallest absolute Gasteiger partial charge is 0.319 e. The minimum absolute atomic E-state index is 0.0662. The van der Waals surface area contributed by atoms with Gasteiger partial charge < -0.3 is 20.6 Å². The molecule has 1 saturated carbocycles. The topological polar surface area (TPSA) is 64.6 Å². The van der Waals surface area contributed by atoms with Crippen molar-refractivity contribution in [1.82, 2.24) is 5.32 Å². The molecule has 0 spiro atoms. The van der Waals surface area contributed by atoms with Crippen molar-refractivity contribution in [1.29, 1.82) is 0 Å². The average Bonchev–Trinajstić information content (AvgIpc) is 2.69. The summed E-state index contributed by atoms with van der Waals surface area (Å²) in [5.41, 5.74) is 2.06. The lowest BCUT2D eigenvalue weighted by Gasteiger charge is -2.37. The molecule has 1 aliphatic carbocycles. The molecule has 3 N–H and O–H groups in total. The monoisotopic (exact) mass is 359 g/mol. The highest BCUT2D eigenvalue weighted by molar-refractivity contribution is 5.93. The minimum Gasteiger partial charge on any atom is -0.396 e. The maximum absolute atomic E-state index is 12.5. The molecule has 5 nitrogen and oxygen atoms in total. The molecule has 0 atom stereocenters. The molecule has 1 aromatic rings. The fourth-order valence-electron chi connectivity index (χ4n) is 4.48. The summed E-state index contributed by atoms with van der Waals surface area (Å²) < 4.78 is 0. The molecule has 2 amide bonds. The molecular formula is C21H33N3O2. The Morgan fingerprint density at radius 2 is 1.73 bits per heavy atom. The molecule has 0 unspecified atom stereocenters. The van der Waals surface area contributed by atoms with Crippen molar-refractivity contribution < 1.29 is 9.90 Å². The quantitative estimate of drug-likeness (QED) is 0.715. The average molecular weight is 360 g/mol. The van der Waals surface area contributed by atoms with Crippen molar-refractivity contribution in [3.63, 3.8) is 0 Å². The first-order chi connectivity index (χ1) is 12.7. The second-order valence-electron chi connectivity index (χ2n) is 7.91. The van der Waals surface area contributed by atoms with Crippen molar-refractivity contribution >= 4 is 17.4 Å². The predicted octanol–water partition coefficient (Wildman–Crippen LogP) is 4.13. The molecule has 3 rings (SSSR count). The number of nitrogens with zero attached hydrogens (tertiary/aromatic N) is 1. The molecule has 1 saturated heterocycles. The largest absolute Gasteiger partial charge is 0.396 e. The van der Waals surface area contributed by atoms with E-state index < -0.39 is 0 Å². The molecule has 0 radical (unpaired) electrons. The van der Waals surface area contributed by atoms with Gasteiger partial charge in [-0.3, -0.25) is 0 Å². The van der Waals surface area contributed by atoms with Crippen LogP contribution in [0, 0.1) is 5.41 Å². The highest BCUT2D eigenvalue weighted by Gasteiger charge is 2.31. The number of aliphatic hydroxyl groups excluding tert-OH is 1. The van der Waals surface area contributed by atoms with Crippen LogP contribution < -0.4 is 15.5 Å². The summed E-state index contributed by atoms with van der Waals surface area (Å²) in [6, 6.07) is 7.93. The van der Waals surface area contributed by atoms with Gasteiger partial charge in [-0.1, -0.05) is 31.4 Å². The first-order valence-corrected chi connectivity index (χ1v) is 10.2. The van der Waals surface area contributed by atoms with Crippen molar-refractivity contribution in [2.24, 2.45) is 5.41 Å². The van der Waals surface area contributed by atoms with E-state index in [1.165, 1.54) is 38.5 Å². The number of piperidine rings is 1. The molecule has 1 aromatic carbocycles. The first-order valence-electron chi connectivity index (χ1n) is 10.2. The van der Waals surface area contributed by atoms with E-state index in [1.807, 2.05) is 18.2 Å².